The van der Waals surface area contributed by atoms with E-state index in [1.165, 1.54) is 16.2 Å². The number of urea groups is 1. The van der Waals surface area contributed by atoms with Gasteiger partial charge >= 0.3 is 6.03 Å². The lowest BCUT2D eigenvalue weighted by molar-refractivity contribution is -0.138. The van der Waals surface area contributed by atoms with Gasteiger partial charge in [0.2, 0.25) is 12.7 Å². The Labute approximate surface area is 182 Å². The topological polar surface area (TPSA) is 88.2 Å². The summed E-state index contributed by atoms with van der Waals surface area (Å²) in [6.45, 7) is 1.85. The molecule has 4 amide bonds. The largest absolute Gasteiger partial charge is 0.454 e. The fraction of sp³-hybridized carbons (Fsp3) is 0.350. The Hall–Kier alpha value is -2.78. The highest BCUT2D eigenvalue weighted by Gasteiger charge is 2.48. The van der Waals surface area contributed by atoms with Crippen molar-refractivity contribution in [3.8, 4) is 11.5 Å². The van der Waals surface area contributed by atoms with Crippen LogP contribution in [0.2, 0.25) is 4.34 Å². The fourth-order valence-corrected chi connectivity index (χ4v) is 4.63. The van der Waals surface area contributed by atoms with Crippen LogP contribution in [0.15, 0.2) is 30.3 Å². The molecule has 2 aliphatic rings. The molecule has 158 valence electrons. The number of hydrogen-bond acceptors (Lipinski definition) is 6. The Morgan fingerprint density at radius 1 is 1.27 bits per heavy atom. The lowest BCUT2D eigenvalue weighted by atomic mass is 9.92. The number of nitrogens with zero attached hydrogens (tertiary/aromatic N) is 2. The third kappa shape index (κ3) is 3.95. The maximum atomic E-state index is 13.0. The smallest absolute Gasteiger partial charge is 0.325 e. The summed E-state index contributed by atoms with van der Waals surface area (Å²) in [5.74, 6) is 0.477. The van der Waals surface area contributed by atoms with Gasteiger partial charge in [0.1, 0.15) is 12.1 Å². The first-order valence-corrected chi connectivity index (χ1v) is 10.5. The van der Waals surface area contributed by atoms with Gasteiger partial charge in [-0.2, -0.15) is 0 Å². The minimum absolute atomic E-state index is 0.160. The second-order valence-corrected chi connectivity index (χ2v) is 9.27. The van der Waals surface area contributed by atoms with Gasteiger partial charge in [-0.3, -0.25) is 14.5 Å². The van der Waals surface area contributed by atoms with E-state index in [2.05, 4.69) is 5.32 Å². The van der Waals surface area contributed by atoms with Crippen LogP contribution in [-0.2, 0) is 22.6 Å². The maximum Gasteiger partial charge on any atom is 0.325 e. The molecule has 1 atom stereocenters. The molecule has 4 rings (SSSR count). The maximum absolute atomic E-state index is 13.0. The van der Waals surface area contributed by atoms with Crippen LogP contribution >= 0.6 is 22.9 Å². The second-order valence-electron chi connectivity index (χ2n) is 7.47. The average Bonchev–Trinajstić information content (AvgIpc) is 3.37. The zero-order valence-electron chi connectivity index (χ0n) is 16.4. The minimum Gasteiger partial charge on any atom is -0.454 e. The molecule has 2 aromatic rings. The van der Waals surface area contributed by atoms with E-state index in [-0.39, 0.29) is 25.7 Å². The van der Waals surface area contributed by atoms with E-state index in [0.29, 0.717) is 22.4 Å². The highest BCUT2D eigenvalue weighted by Crippen LogP contribution is 2.34. The number of ether oxygens (including phenoxy) is 2. The molecule has 1 aromatic carbocycles. The minimum atomic E-state index is -1.15. The van der Waals surface area contributed by atoms with Gasteiger partial charge in [0.25, 0.3) is 5.91 Å². The highest BCUT2D eigenvalue weighted by atomic mass is 35.5. The molecular formula is C20H20ClN3O5S. The SMILES string of the molecule is CN(Cc1ccc(Cl)s1)C(=O)CN1C(=O)N[C@@](C)(Cc2ccc3c(c2)OCO3)C1=O. The lowest BCUT2D eigenvalue weighted by Crippen LogP contribution is -2.47. The monoisotopic (exact) mass is 449 g/mol. The third-order valence-corrected chi connectivity index (χ3v) is 6.30. The van der Waals surface area contributed by atoms with Crippen molar-refractivity contribution in [1.29, 1.82) is 0 Å². The molecule has 1 aromatic heterocycles. The standard InChI is InChI=1S/C20H20ClN3O5S/c1-20(8-12-3-5-14-15(7-12)29-11-28-14)18(26)24(19(27)22-20)10-17(25)23(2)9-13-4-6-16(21)30-13/h3-7H,8-11H2,1-2H3,(H,22,27)/t20-/m0/s1. The summed E-state index contributed by atoms with van der Waals surface area (Å²) in [7, 11) is 1.63. The van der Waals surface area contributed by atoms with Crippen LogP contribution in [-0.4, -0.2) is 53.6 Å². The van der Waals surface area contributed by atoms with Crippen molar-refractivity contribution < 1.29 is 23.9 Å². The molecule has 0 bridgehead atoms. The molecule has 3 heterocycles. The number of amides is 4. The van der Waals surface area contributed by atoms with Crippen molar-refractivity contribution in [3.05, 3.63) is 45.1 Å². The molecule has 0 spiro atoms. The van der Waals surface area contributed by atoms with E-state index in [0.717, 1.165) is 15.3 Å². The molecule has 0 unspecified atom stereocenters. The summed E-state index contributed by atoms with van der Waals surface area (Å²) in [5, 5.41) is 2.72. The van der Waals surface area contributed by atoms with Crippen LogP contribution in [0.4, 0.5) is 4.79 Å². The number of thiophene rings is 1. The Morgan fingerprint density at radius 3 is 2.77 bits per heavy atom. The summed E-state index contributed by atoms with van der Waals surface area (Å²) < 4.78 is 11.3. The predicted molar refractivity (Wildman–Crippen MR) is 111 cm³/mol. The Balaban J connectivity index is 1.42. The van der Waals surface area contributed by atoms with E-state index in [4.69, 9.17) is 21.1 Å². The summed E-state index contributed by atoms with van der Waals surface area (Å²) in [5.41, 5.74) is -0.333. The van der Waals surface area contributed by atoms with Gasteiger partial charge in [-0.1, -0.05) is 17.7 Å². The normalized spacial score (nSPS) is 19.9. The van der Waals surface area contributed by atoms with E-state index < -0.39 is 17.5 Å². The zero-order chi connectivity index (χ0) is 21.5. The fourth-order valence-electron chi connectivity index (χ4n) is 3.48. The third-order valence-electron chi connectivity index (χ3n) is 5.08. The number of likely N-dealkylation sites (N-methyl/N-ethyl adjacent to an activating group) is 1. The van der Waals surface area contributed by atoms with E-state index in [9.17, 15) is 14.4 Å². The summed E-state index contributed by atoms with van der Waals surface area (Å²) in [4.78, 5) is 41.4. The lowest BCUT2D eigenvalue weighted by Gasteiger charge is -2.23. The van der Waals surface area contributed by atoms with Gasteiger partial charge in [-0.15, -0.1) is 11.3 Å². The molecule has 0 radical (unpaired) electrons. The quantitative estimate of drug-likeness (QED) is 0.685. The number of carbonyl (C=O) groups excluding carboxylic acids is 3. The summed E-state index contributed by atoms with van der Waals surface area (Å²) in [6.07, 6.45) is 0.266. The van der Waals surface area contributed by atoms with Crippen LogP contribution in [0.5, 0.6) is 11.5 Å². The van der Waals surface area contributed by atoms with E-state index >= 15 is 0 Å². The van der Waals surface area contributed by atoms with Crippen molar-refractivity contribution in [2.75, 3.05) is 20.4 Å². The van der Waals surface area contributed by atoms with Gasteiger partial charge in [0, 0.05) is 18.3 Å². The van der Waals surface area contributed by atoms with Crippen LogP contribution < -0.4 is 14.8 Å². The number of imide groups is 1. The van der Waals surface area contributed by atoms with Crippen LogP contribution in [0, 0.1) is 0 Å². The van der Waals surface area contributed by atoms with Crippen LogP contribution in [0.25, 0.3) is 0 Å². The molecule has 8 nitrogen and oxygen atoms in total. The van der Waals surface area contributed by atoms with E-state index in [1.54, 1.807) is 32.2 Å². The zero-order valence-corrected chi connectivity index (χ0v) is 18.0. The van der Waals surface area contributed by atoms with Crippen molar-refractivity contribution >= 4 is 40.8 Å². The second kappa shape index (κ2) is 7.81. The van der Waals surface area contributed by atoms with Gasteiger partial charge in [0.05, 0.1) is 10.9 Å². The molecule has 30 heavy (non-hydrogen) atoms. The average molecular weight is 450 g/mol. The molecule has 0 aliphatic carbocycles. The Kier molecular flexibility index (Phi) is 5.33. The number of fused-ring (bicyclic) bond motifs is 1. The number of hydrogen-bond donors (Lipinski definition) is 1. The number of nitrogens with one attached hydrogen (secondary N) is 1. The van der Waals surface area contributed by atoms with Gasteiger partial charge in [-0.05, 0) is 36.8 Å². The number of benzene rings is 1. The molecule has 1 fully saturated rings. The Bertz CT molecular complexity index is 1030. The molecule has 0 saturated carbocycles. The Morgan fingerprint density at radius 2 is 2.03 bits per heavy atom. The van der Waals surface area contributed by atoms with E-state index in [1.807, 2.05) is 12.1 Å². The molecule has 1 saturated heterocycles. The molecule has 10 heteroatoms. The van der Waals surface area contributed by atoms with Crippen molar-refractivity contribution in [1.82, 2.24) is 15.1 Å². The predicted octanol–water partition coefficient (Wildman–Crippen LogP) is 2.64. The van der Waals surface area contributed by atoms with Gasteiger partial charge in [0.15, 0.2) is 11.5 Å². The van der Waals surface area contributed by atoms with Crippen LogP contribution in [0.3, 0.4) is 0 Å². The highest BCUT2D eigenvalue weighted by molar-refractivity contribution is 7.16. The van der Waals surface area contributed by atoms with Gasteiger partial charge < -0.3 is 19.7 Å². The van der Waals surface area contributed by atoms with Crippen molar-refractivity contribution in [3.63, 3.8) is 0 Å². The first-order chi connectivity index (χ1) is 14.2. The first-order valence-electron chi connectivity index (χ1n) is 9.26. The molecule has 2 aliphatic heterocycles. The number of rotatable bonds is 6. The van der Waals surface area contributed by atoms with Crippen molar-refractivity contribution in [2.24, 2.45) is 0 Å². The first kappa shape index (κ1) is 20.5. The molecular weight excluding hydrogens is 430 g/mol. The van der Waals surface area contributed by atoms with Crippen molar-refractivity contribution in [2.45, 2.75) is 25.4 Å². The van der Waals surface area contributed by atoms with Gasteiger partial charge in [-0.25, -0.2) is 4.79 Å². The number of carbonyl (C=O) groups is 3. The van der Waals surface area contributed by atoms with Crippen LogP contribution in [0.1, 0.15) is 17.4 Å². The summed E-state index contributed by atoms with van der Waals surface area (Å²) in [6, 6.07) is 8.41. The summed E-state index contributed by atoms with van der Waals surface area (Å²) >= 11 is 7.30. The number of halogens is 1. The molecule has 1 N–H and O–H groups in total.